The summed E-state index contributed by atoms with van der Waals surface area (Å²) in [5, 5.41) is 4.01. The van der Waals surface area contributed by atoms with Gasteiger partial charge in [-0.3, -0.25) is 14.4 Å². The van der Waals surface area contributed by atoms with E-state index in [1.165, 1.54) is 11.8 Å². The molecule has 2 aliphatic heterocycles. The number of halogens is 1. The monoisotopic (exact) mass is 1150 g/mol. The number of ether oxygens (including phenoxy) is 10. The first kappa shape index (κ1) is 59.1. The highest BCUT2D eigenvalue weighted by Gasteiger charge is 2.57. The average molecular weight is 1150 g/mol. The molecule has 5 aromatic carbocycles. The van der Waals surface area contributed by atoms with E-state index in [0.717, 1.165) is 46.8 Å². The lowest BCUT2D eigenvalue weighted by molar-refractivity contribution is -0.319. The van der Waals surface area contributed by atoms with E-state index in [9.17, 15) is 29.5 Å². The van der Waals surface area contributed by atoms with E-state index in [0.29, 0.717) is 5.56 Å². The van der Waals surface area contributed by atoms with Gasteiger partial charge in [-0.1, -0.05) is 145 Å². The quantitative estimate of drug-likeness (QED) is 0.0219. The van der Waals surface area contributed by atoms with Gasteiger partial charge in [0.15, 0.2) is 24.6 Å². The summed E-state index contributed by atoms with van der Waals surface area (Å²) in [6.45, 7) is 10.6. The van der Waals surface area contributed by atoms with Crippen LogP contribution in [0.15, 0.2) is 148 Å². The molecule has 412 valence electrons. The van der Waals surface area contributed by atoms with E-state index in [-0.39, 0.29) is 36.4 Å². The lowest BCUT2D eigenvalue weighted by atomic mass is 9.87. The van der Waals surface area contributed by atoms with Crippen LogP contribution >= 0.6 is 27.7 Å². The minimum absolute atomic E-state index is 0.0150. The molecule has 78 heavy (non-hydrogen) atoms. The Bertz CT molecular complexity index is 2870. The van der Waals surface area contributed by atoms with Crippen molar-refractivity contribution in [1.29, 1.82) is 0 Å². The van der Waals surface area contributed by atoms with Crippen molar-refractivity contribution in [3.8, 4) is 0 Å². The molecule has 0 radical (unpaired) electrons. The van der Waals surface area contributed by atoms with E-state index < -0.39 is 103 Å². The third-order valence-corrected chi connectivity index (χ3v) is 14.5. The predicted octanol–water partition coefficient (Wildman–Crippen LogP) is 10.3. The van der Waals surface area contributed by atoms with Gasteiger partial charge in [0, 0.05) is 35.1 Å². The highest BCUT2D eigenvalue weighted by molar-refractivity contribution is 9.10. The molecule has 7 rings (SSSR count). The van der Waals surface area contributed by atoms with Gasteiger partial charge < -0.3 is 47.4 Å². The molecule has 0 bridgehead atoms. The zero-order valence-corrected chi connectivity index (χ0v) is 46.5. The number of hydrogen-bond acceptors (Lipinski definition) is 17. The van der Waals surface area contributed by atoms with Crippen molar-refractivity contribution in [1.82, 2.24) is 0 Å². The third-order valence-electron chi connectivity index (χ3n) is 12.6. The van der Waals surface area contributed by atoms with Crippen molar-refractivity contribution in [2.24, 2.45) is 5.11 Å². The van der Waals surface area contributed by atoms with Gasteiger partial charge in [0.25, 0.3) is 0 Å². The van der Waals surface area contributed by atoms with Gasteiger partial charge >= 0.3 is 29.8 Å². The second kappa shape index (κ2) is 27.8. The standard InChI is InChI=1S/C58H62BrN3O15S/c1-34-23-26-42(58(5,6)7)29-46(34)78-57-53(76-56-47(61-62-60)50(73-37(4)65)49(72-36(3)64)45(74-56)33-68-35(2)63)52(75-55(67)41-21-15-10-16-22-41)51(70-31-39-24-27-43(59)28-25-39)48(77-57)44(69-30-38-17-11-8-12-18-38)32-71-54(66)40-19-13-9-14-20-40/h8-29,44-45,47-53,56-57H,30-33H2,1-7H3/t44-,45+,47+,48+,49+,50+,51+,52-,53-,56+,57?/m0/s1. The van der Waals surface area contributed by atoms with Crippen LogP contribution in [0.5, 0.6) is 0 Å². The van der Waals surface area contributed by atoms with Crippen molar-refractivity contribution in [3.63, 3.8) is 0 Å². The highest BCUT2D eigenvalue weighted by Crippen LogP contribution is 2.43. The fourth-order valence-corrected chi connectivity index (χ4v) is 10.2. The maximum absolute atomic E-state index is 14.8. The second-order valence-corrected chi connectivity index (χ2v) is 21.6. The van der Waals surface area contributed by atoms with Gasteiger partial charge in [-0.25, -0.2) is 9.59 Å². The summed E-state index contributed by atoms with van der Waals surface area (Å²) in [6.07, 6.45) is -12.9. The van der Waals surface area contributed by atoms with Crippen LogP contribution in [0.2, 0.25) is 0 Å². The number of aryl methyl sites for hydroxylation is 1. The summed E-state index contributed by atoms with van der Waals surface area (Å²) >= 11 is 4.73. The Balaban J connectivity index is 1.44. The lowest BCUT2D eigenvalue weighted by Gasteiger charge is -2.50. The Labute approximate surface area is 465 Å². The van der Waals surface area contributed by atoms with Gasteiger partial charge in [0.2, 0.25) is 0 Å². The van der Waals surface area contributed by atoms with E-state index in [1.54, 1.807) is 60.7 Å². The number of azide groups is 1. The van der Waals surface area contributed by atoms with Crippen LogP contribution in [-0.4, -0.2) is 110 Å². The van der Waals surface area contributed by atoms with E-state index >= 15 is 0 Å². The molecule has 18 nitrogen and oxygen atoms in total. The van der Waals surface area contributed by atoms with Crippen molar-refractivity contribution >= 4 is 57.5 Å². The maximum atomic E-state index is 14.8. The largest absolute Gasteiger partial charge is 0.463 e. The minimum Gasteiger partial charge on any atom is -0.463 e. The number of nitrogens with zero attached hydrogens (tertiary/aromatic N) is 3. The van der Waals surface area contributed by atoms with E-state index in [2.05, 4.69) is 46.7 Å². The van der Waals surface area contributed by atoms with Gasteiger partial charge in [0.05, 0.1) is 24.3 Å². The zero-order valence-electron chi connectivity index (χ0n) is 44.1. The smallest absolute Gasteiger partial charge is 0.338 e. The molecule has 1 unspecified atom stereocenters. The van der Waals surface area contributed by atoms with Crippen LogP contribution in [0.25, 0.3) is 10.4 Å². The molecule has 20 heteroatoms. The van der Waals surface area contributed by atoms with E-state index in [4.69, 9.17) is 47.4 Å². The molecule has 2 aliphatic rings. The van der Waals surface area contributed by atoms with Crippen LogP contribution in [0.3, 0.4) is 0 Å². The number of hydrogen-bond donors (Lipinski definition) is 0. The van der Waals surface area contributed by atoms with Crippen LogP contribution < -0.4 is 0 Å². The summed E-state index contributed by atoms with van der Waals surface area (Å²) in [5.74, 6) is -3.82. The van der Waals surface area contributed by atoms with Crippen LogP contribution in [-0.2, 0) is 80.4 Å². The second-order valence-electron chi connectivity index (χ2n) is 19.5. The Kier molecular flexibility index (Phi) is 21.1. The number of carbonyl (C=O) groups is 5. The molecule has 0 aromatic heterocycles. The normalized spacial score (nSPS) is 23.4. The fraction of sp³-hybridized carbons (Fsp3) is 0.397. The molecule has 2 saturated heterocycles. The van der Waals surface area contributed by atoms with E-state index in [1.807, 2.05) is 79.7 Å². The lowest BCUT2D eigenvalue weighted by Crippen LogP contribution is -2.66. The Morgan fingerprint density at radius 1 is 0.679 bits per heavy atom. The molecule has 0 spiro atoms. The third kappa shape index (κ3) is 16.2. The Morgan fingerprint density at radius 3 is 1.88 bits per heavy atom. The zero-order chi connectivity index (χ0) is 55.9. The number of esters is 5. The Hall–Kier alpha value is -6.61. The molecular formula is C58H62BrN3O15S. The summed E-state index contributed by atoms with van der Waals surface area (Å²) in [4.78, 5) is 70.3. The van der Waals surface area contributed by atoms with Crippen molar-refractivity contribution < 1.29 is 71.3 Å². The average Bonchev–Trinajstić information content (AvgIpc) is 3.45. The first-order valence-electron chi connectivity index (χ1n) is 25.1. The molecule has 11 atom stereocenters. The fourth-order valence-electron chi connectivity index (χ4n) is 8.72. The van der Waals surface area contributed by atoms with Gasteiger partial charge in [0.1, 0.15) is 55.2 Å². The van der Waals surface area contributed by atoms with Gasteiger partial charge in [-0.2, -0.15) is 0 Å². The van der Waals surface area contributed by atoms with Gasteiger partial charge in [-0.15, -0.1) is 0 Å². The van der Waals surface area contributed by atoms with Crippen LogP contribution in [0.1, 0.15) is 84.5 Å². The summed E-state index contributed by atoms with van der Waals surface area (Å²) in [5.41, 5.74) is 12.4. The summed E-state index contributed by atoms with van der Waals surface area (Å²) in [7, 11) is 0. The summed E-state index contributed by atoms with van der Waals surface area (Å²) < 4.78 is 65.1. The number of carbonyl (C=O) groups excluding carboxylic acids is 5. The number of benzene rings is 5. The number of rotatable bonds is 21. The first-order chi connectivity index (χ1) is 37.4. The molecular weight excluding hydrogens is 1090 g/mol. The minimum atomic E-state index is -1.74. The van der Waals surface area contributed by atoms with Crippen molar-refractivity contribution in [3.05, 3.63) is 182 Å². The topological polar surface area (TPSA) is 226 Å². The van der Waals surface area contributed by atoms with Crippen molar-refractivity contribution in [2.75, 3.05) is 13.2 Å². The number of thioether (sulfide) groups is 1. The molecule has 2 heterocycles. The molecule has 0 amide bonds. The maximum Gasteiger partial charge on any atom is 0.338 e. The molecule has 2 fully saturated rings. The first-order valence-corrected chi connectivity index (χ1v) is 26.8. The molecule has 0 N–H and O–H groups in total. The SMILES string of the molecule is CC(=O)OC[C@H]1O[C@H](O[C@@H]2C(Sc3cc(C(C)(C)C)ccc3C)O[C@H]([C@H](COC(=O)c3ccccc3)OCc3ccccc3)[C@@H](OCc3ccc(Br)cc3)[C@@H]2OC(=O)c2ccccc2)[C@H](N=[N+]=[N-])[C@@H](OC(C)=O)[C@@H]1OC(C)=O. The van der Waals surface area contributed by atoms with Gasteiger partial charge in [-0.05, 0) is 82.6 Å². The molecule has 0 aliphatic carbocycles. The molecule has 5 aromatic rings. The predicted molar refractivity (Wildman–Crippen MR) is 289 cm³/mol. The molecule has 0 saturated carbocycles. The van der Waals surface area contributed by atoms with Crippen LogP contribution in [0, 0.1) is 6.92 Å². The van der Waals surface area contributed by atoms with Crippen LogP contribution in [0.4, 0.5) is 0 Å². The highest BCUT2D eigenvalue weighted by atomic mass is 79.9. The summed E-state index contributed by atoms with van der Waals surface area (Å²) in [6, 6.07) is 37.8. The van der Waals surface area contributed by atoms with Crippen molar-refractivity contribution in [2.45, 2.75) is 139 Å². The Morgan fingerprint density at radius 2 is 1.28 bits per heavy atom.